The van der Waals surface area contributed by atoms with Gasteiger partial charge in [-0.1, -0.05) is 72.0 Å². The molecule has 0 aliphatic carbocycles. The zero-order valence-corrected chi connectivity index (χ0v) is 15.4. The van der Waals surface area contributed by atoms with Gasteiger partial charge < -0.3 is 4.74 Å². The van der Waals surface area contributed by atoms with Crippen LogP contribution in [0.3, 0.4) is 0 Å². The molecule has 0 fully saturated rings. The van der Waals surface area contributed by atoms with E-state index in [1.165, 1.54) is 11.3 Å². The standard InChI is InChI=1S/C20H19N3O2S/c1-3-25-19(24)18-14(2)21-20(26-18)23-22-17(15-10-6-4-7-11-15)16-12-8-5-9-13-16/h4-13H,3H2,1-2H3,(H,21,23). The summed E-state index contributed by atoms with van der Waals surface area (Å²) in [5, 5.41) is 5.11. The number of benzene rings is 2. The first-order valence-electron chi connectivity index (χ1n) is 8.28. The van der Waals surface area contributed by atoms with Crippen molar-refractivity contribution >= 4 is 28.1 Å². The molecule has 0 aliphatic rings. The number of esters is 1. The van der Waals surface area contributed by atoms with Gasteiger partial charge in [-0.25, -0.2) is 9.78 Å². The number of nitrogens with one attached hydrogen (secondary N) is 1. The van der Waals surface area contributed by atoms with E-state index in [0.717, 1.165) is 16.8 Å². The Morgan fingerprint density at radius 2 is 1.65 bits per heavy atom. The van der Waals surface area contributed by atoms with E-state index in [1.807, 2.05) is 60.7 Å². The number of thiazole rings is 1. The summed E-state index contributed by atoms with van der Waals surface area (Å²) >= 11 is 1.24. The maximum atomic E-state index is 11.9. The van der Waals surface area contributed by atoms with Gasteiger partial charge in [-0.3, -0.25) is 5.43 Å². The van der Waals surface area contributed by atoms with Gasteiger partial charge >= 0.3 is 5.97 Å². The Kier molecular flexibility index (Phi) is 5.76. The first kappa shape index (κ1) is 17.8. The SMILES string of the molecule is CCOC(=O)c1sc(NN=C(c2ccccc2)c2ccccc2)nc1C. The highest BCUT2D eigenvalue weighted by atomic mass is 32.1. The molecule has 0 saturated carbocycles. The predicted octanol–water partition coefficient (Wildman–Crippen LogP) is 4.49. The molecule has 26 heavy (non-hydrogen) atoms. The molecule has 2 aromatic carbocycles. The summed E-state index contributed by atoms with van der Waals surface area (Å²) in [6, 6.07) is 19.8. The van der Waals surface area contributed by atoms with Crippen molar-refractivity contribution in [2.75, 3.05) is 12.0 Å². The van der Waals surface area contributed by atoms with E-state index in [0.29, 0.717) is 22.3 Å². The van der Waals surface area contributed by atoms with Crippen molar-refractivity contribution in [3.63, 3.8) is 0 Å². The minimum atomic E-state index is -0.356. The maximum absolute atomic E-state index is 11.9. The van der Waals surface area contributed by atoms with E-state index < -0.39 is 0 Å². The zero-order valence-electron chi connectivity index (χ0n) is 14.6. The zero-order chi connectivity index (χ0) is 18.4. The van der Waals surface area contributed by atoms with E-state index in [4.69, 9.17) is 4.74 Å². The third kappa shape index (κ3) is 4.15. The molecule has 3 aromatic rings. The summed E-state index contributed by atoms with van der Waals surface area (Å²) < 4.78 is 5.05. The maximum Gasteiger partial charge on any atom is 0.350 e. The second-order valence-electron chi connectivity index (χ2n) is 5.46. The Morgan fingerprint density at radius 1 is 1.08 bits per heavy atom. The Hall–Kier alpha value is -2.99. The van der Waals surface area contributed by atoms with Gasteiger partial charge in [0.2, 0.25) is 5.13 Å². The van der Waals surface area contributed by atoms with Crippen LogP contribution in [0.25, 0.3) is 0 Å². The molecule has 5 nitrogen and oxygen atoms in total. The number of aromatic nitrogens is 1. The lowest BCUT2D eigenvalue weighted by molar-refractivity contribution is 0.0531. The minimum Gasteiger partial charge on any atom is -0.462 e. The molecule has 1 aromatic heterocycles. The average Bonchev–Trinajstić information content (AvgIpc) is 3.05. The third-order valence-corrected chi connectivity index (χ3v) is 4.66. The Labute approximate surface area is 156 Å². The molecular weight excluding hydrogens is 346 g/mol. The summed E-state index contributed by atoms with van der Waals surface area (Å²) in [4.78, 5) is 16.8. The molecule has 0 aliphatic heterocycles. The summed E-state index contributed by atoms with van der Waals surface area (Å²) in [6.07, 6.45) is 0. The van der Waals surface area contributed by atoms with Crippen LogP contribution in [-0.4, -0.2) is 23.3 Å². The summed E-state index contributed by atoms with van der Waals surface area (Å²) in [7, 11) is 0. The molecule has 0 radical (unpaired) electrons. The average molecular weight is 365 g/mol. The highest BCUT2D eigenvalue weighted by Crippen LogP contribution is 2.24. The van der Waals surface area contributed by atoms with Crippen LogP contribution in [0.5, 0.6) is 0 Å². The molecule has 1 N–H and O–H groups in total. The van der Waals surface area contributed by atoms with Crippen LogP contribution in [0, 0.1) is 6.92 Å². The van der Waals surface area contributed by atoms with E-state index in [9.17, 15) is 4.79 Å². The Bertz CT molecular complexity index is 864. The van der Waals surface area contributed by atoms with Gasteiger partial charge in [-0.05, 0) is 13.8 Å². The fraction of sp³-hybridized carbons (Fsp3) is 0.150. The van der Waals surface area contributed by atoms with Crippen LogP contribution in [0.15, 0.2) is 65.8 Å². The van der Waals surface area contributed by atoms with Crippen molar-refractivity contribution < 1.29 is 9.53 Å². The van der Waals surface area contributed by atoms with Crippen molar-refractivity contribution in [3.05, 3.63) is 82.4 Å². The summed E-state index contributed by atoms with van der Waals surface area (Å²) in [5.41, 5.74) is 6.40. The Balaban J connectivity index is 1.90. The number of hydrazone groups is 1. The minimum absolute atomic E-state index is 0.337. The summed E-state index contributed by atoms with van der Waals surface area (Å²) in [6.45, 7) is 3.90. The Morgan fingerprint density at radius 3 is 2.19 bits per heavy atom. The molecule has 3 rings (SSSR count). The molecular formula is C20H19N3O2S. The van der Waals surface area contributed by atoms with Crippen LogP contribution in [-0.2, 0) is 4.74 Å². The topological polar surface area (TPSA) is 63.6 Å². The van der Waals surface area contributed by atoms with Gasteiger partial charge in [0.25, 0.3) is 0 Å². The van der Waals surface area contributed by atoms with Crippen molar-refractivity contribution in [2.45, 2.75) is 13.8 Å². The number of hydrogen-bond acceptors (Lipinski definition) is 6. The molecule has 0 spiro atoms. The normalized spacial score (nSPS) is 10.2. The van der Waals surface area contributed by atoms with Crippen molar-refractivity contribution in [1.29, 1.82) is 0 Å². The quantitative estimate of drug-likeness (QED) is 0.397. The molecule has 0 amide bonds. The van der Waals surface area contributed by atoms with Gasteiger partial charge in [0.1, 0.15) is 4.88 Å². The second kappa shape index (κ2) is 8.40. The fourth-order valence-corrected chi connectivity index (χ4v) is 3.22. The third-order valence-electron chi connectivity index (χ3n) is 3.62. The van der Waals surface area contributed by atoms with E-state index >= 15 is 0 Å². The van der Waals surface area contributed by atoms with Crippen LogP contribution >= 0.6 is 11.3 Å². The van der Waals surface area contributed by atoms with E-state index in [-0.39, 0.29) is 5.97 Å². The van der Waals surface area contributed by atoms with Crippen LogP contribution in [0.4, 0.5) is 5.13 Å². The van der Waals surface area contributed by atoms with Crippen molar-refractivity contribution in [1.82, 2.24) is 4.98 Å². The van der Waals surface area contributed by atoms with Crippen molar-refractivity contribution in [3.8, 4) is 0 Å². The monoisotopic (exact) mass is 365 g/mol. The van der Waals surface area contributed by atoms with Gasteiger partial charge in [-0.15, -0.1) is 0 Å². The molecule has 0 atom stereocenters. The molecule has 0 bridgehead atoms. The predicted molar refractivity (Wildman–Crippen MR) is 105 cm³/mol. The number of hydrogen-bond donors (Lipinski definition) is 1. The number of nitrogens with zero attached hydrogens (tertiary/aromatic N) is 2. The number of carbonyl (C=O) groups is 1. The van der Waals surface area contributed by atoms with Crippen LogP contribution in [0.1, 0.15) is 33.4 Å². The molecule has 0 unspecified atom stereocenters. The van der Waals surface area contributed by atoms with Crippen molar-refractivity contribution in [2.24, 2.45) is 5.10 Å². The molecule has 1 heterocycles. The van der Waals surface area contributed by atoms with Gasteiger partial charge in [-0.2, -0.15) is 5.10 Å². The van der Waals surface area contributed by atoms with Crippen LogP contribution in [0.2, 0.25) is 0 Å². The smallest absolute Gasteiger partial charge is 0.350 e. The van der Waals surface area contributed by atoms with Crippen LogP contribution < -0.4 is 5.43 Å². The lowest BCUT2D eigenvalue weighted by Gasteiger charge is -2.07. The largest absolute Gasteiger partial charge is 0.462 e. The number of rotatable bonds is 6. The first-order chi connectivity index (χ1) is 12.7. The second-order valence-corrected chi connectivity index (χ2v) is 6.46. The lowest BCUT2D eigenvalue weighted by Crippen LogP contribution is -2.06. The summed E-state index contributed by atoms with van der Waals surface area (Å²) in [5.74, 6) is -0.356. The number of aryl methyl sites for hydroxylation is 1. The fourth-order valence-electron chi connectivity index (χ4n) is 2.42. The first-order valence-corrected chi connectivity index (χ1v) is 9.09. The highest BCUT2D eigenvalue weighted by molar-refractivity contribution is 7.17. The molecule has 6 heteroatoms. The van der Waals surface area contributed by atoms with Gasteiger partial charge in [0, 0.05) is 11.1 Å². The molecule has 132 valence electrons. The van der Waals surface area contributed by atoms with Gasteiger partial charge in [0.05, 0.1) is 18.0 Å². The van der Waals surface area contributed by atoms with E-state index in [1.54, 1.807) is 13.8 Å². The highest BCUT2D eigenvalue weighted by Gasteiger charge is 2.16. The number of ether oxygens (including phenoxy) is 1. The molecule has 0 saturated heterocycles. The van der Waals surface area contributed by atoms with E-state index in [2.05, 4.69) is 15.5 Å². The number of anilines is 1. The number of carbonyl (C=O) groups excluding carboxylic acids is 1. The van der Waals surface area contributed by atoms with Gasteiger partial charge in [0.15, 0.2) is 0 Å². The lowest BCUT2D eigenvalue weighted by atomic mass is 10.0.